The molecule has 1 aliphatic carbocycles. The minimum absolute atomic E-state index is 0.155. The van der Waals surface area contributed by atoms with Crippen LogP contribution in [0.2, 0.25) is 0 Å². The van der Waals surface area contributed by atoms with Crippen LogP contribution < -0.4 is 0 Å². The van der Waals surface area contributed by atoms with E-state index in [1.54, 1.807) is 19.1 Å². The number of aryl methyl sites for hydroxylation is 1. The molecule has 2 rings (SSSR count). The van der Waals surface area contributed by atoms with Gasteiger partial charge in [-0.05, 0) is 43.5 Å². The lowest BCUT2D eigenvalue weighted by atomic mass is 9.90. The molecule has 2 heteroatoms. The van der Waals surface area contributed by atoms with E-state index in [-0.39, 0.29) is 17.5 Å². The van der Waals surface area contributed by atoms with Crippen molar-refractivity contribution in [3.63, 3.8) is 0 Å². The first-order valence-electron chi connectivity index (χ1n) is 6.49. The van der Waals surface area contributed by atoms with Gasteiger partial charge < -0.3 is 0 Å². The maximum atomic E-state index is 13.2. The van der Waals surface area contributed by atoms with Crippen molar-refractivity contribution in [3.8, 4) is 0 Å². The Morgan fingerprint density at radius 2 is 1.82 bits per heavy atom. The van der Waals surface area contributed by atoms with Gasteiger partial charge >= 0.3 is 0 Å². The Balaban J connectivity index is 2.14. The fourth-order valence-electron chi connectivity index (χ4n) is 2.58. The molecule has 0 aliphatic heterocycles. The smallest absolute Gasteiger partial charge is 0.165 e. The molecule has 1 aromatic carbocycles. The zero-order chi connectivity index (χ0) is 12.3. The molecule has 0 saturated heterocycles. The van der Waals surface area contributed by atoms with Crippen LogP contribution in [0.4, 0.5) is 4.39 Å². The van der Waals surface area contributed by atoms with Crippen LogP contribution in [0.5, 0.6) is 0 Å². The summed E-state index contributed by atoms with van der Waals surface area (Å²) in [4.78, 5) is 12.3. The van der Waals surface area contributed by atoms with Gasteiger partial charge in [0, 0.05) is 11.5 Å². The zero-order valence-electron chi connectivity index (χ0n) is 10.3. The lowest BCUT2D eigenvalue weighted by Crippen LogP contribution is -2.14. The van der Waals surface area contributed by atoms with Crippen molar-refractivity contribution < 1.29 is 9.18 Å². The summed E-state index contributed by atoms with van der Waals surface area (Å²) in [6, 6.07) is 4.71. The molecular formula is C15H19FO. The van der Waals surface area contributed by atoms with E-state index in [1.165, 1.54) is 18.9 Å². The number of carbonyl (C=O) groups excluding carboxylic acids is 1. The lowest BCUT2D eigenvalue weighted by molar-refractivity contribution is 0.0908. The number of ketones is 1. The molecule has 0 N–H and O–H groups in total. The average Bonchev–Trinajstić information content (AvgIpc) is 2.60. The molecule has 0 radical (unpaired) electrons. The van der Waals surface area contributed by atoms with Crippen molar-refractivity contribution in [3.05, 3.63) is 35.1 Å². The number of hydrogen-bond donors (Lipinski definition) is 0. The number of Topliss-reactive ketones (excluding diaryl/α,β-unsaturated/α-hetero) is 1. The van der Waals surface area contributed by atoms with E-state index in [0.717, 1.165) is 25.7 Å². The molecule has 0 aromatic heterocycles. The minimum atomic E-state index is -0.234. The van der Waals surface area contributed by atoms with Gasteiger partial charge in [0.1, 0.15) is 5.82 Å². The fourth-order valence-corrected chi connectivity index (χ4v) is 2.58. The molecule has 17 heavy (non-hydrogen) atoms. The summed E-state index contributed by atoms with van der Waals surface area (Å²) >= 11 is 0. The monoisotopic (exact) mass is 234 g/mol. The van der Waals surface area contributed by atoms with Crippen molar-refractivity contribution in [2.45, 2.75) is 45.4 Å². The lowest BCUT2D eigenvalue weighted by Gasteiger charge is -2.13. The number of benzene rings is 1. The van der Waals surface area contributed by atoms with Crippen molar-refractivity contribution >= 4 is 5.78 Å². The molecule has 0 unspecified atom stereocenters. The van der Waals surface area contributed by atoms with Crippen LogP contribution in [0.15, 0.2) is 18.2 Å². The molecule has 0 atom stereocenters. The summed E-state index contributed by atoms with van der Waals surface area (Å²) in [5.74, 6) is 0.125. The first-order valence-corrected chi connectivity index (χ1v) is 6.49. The van der Waals surface area contributed by atoms with Gasteiger partial charge in [0.15, 0.2) is 5.78 Å². The SMILES string of the molecule is Cc1cc(C(=O)C2CCCCCC2)ccc1F. The van der Waals surface area contributed by atoms with Gasteiger partial charge in [-0.1, -0.05) is 25.7 Å². The highest BCUT2D eigenvalue weighted by atomic mass is 19.1. The van der Waals surface area contributed by atoms with Crippen LogP contribution in [0.25, 0.3) is 0 Å². The average molecular weight is 234 g/mol. The van der Waals surface area contributed by atoms with E-state index in [4.69, 9.17) is 0 Å². The second-order valence-corrected chi connectivity index (χ2v) is 5.02. The normalized spacial score (nSPS) is 17.8. The number of halogens is 1. The number of hydrogen-bond acceptors (Lipinski definition) is 1. The van der Waals surface area contributed by atoms with Gasteiger partial charge in [0.2, 0.25) is 0 Å². The standard InChI is InChI=1S/C15H19FO/c1-11-10-13(8-9-14(11)16)15(17)12-6-4-2-3-5-7-12/h8-10,12H,2-7H2,1H3. The van der Waals surface area contributed by atoms with Crippen LogP contribution in [0.1, 0.15) is 54.4 Å². The predicted octanol–water partition coefficient (Wildman–Crippen LogP) is 4.29. The highest BCUT2D eigenvalue weighted by Gasteiger charge is 2.21. The molecule has 1 aromatic rings. The Morgan fingerprint density at radius 1 is 1.18 bits per heavy atom. The Kier molecular flexibility index (Phi) is 3.93. The van der Waals surface area contributed by atoms with E-state index in [1.807, 2.05) is 0 Å². The van der Waals surface area contributed by atoms with E-state index in [0.29, 0.717) is 11.1 Å². The Bertz CT molecular complexity index is 403. The van der Waals surface area contributed by atoms with Crippen molar-refractivity contribution in [1.82, 2.24) is 0 Å². The Hall–Kier alpha value is -1.18. The molecule has 0 bridgehead atoms. The van der Waals surface area contributed by atoms with Crippen LogP contribution in [-0.2, 0) is 0 Å². The zero-order valence-corrected chi connectivity index (χ0v) is 10.3. The summed E-state index contributed by atoms with van der Waals surface area (Å²) in [5.41, 5.74) is 1.24. The van der Waals surface area contributed by atoms with Gasteiger partial charge in [-0.25, -0.2) is 4.39 Å². The van der Waals surface area contributed by atoms with Gasteiger partial charge in [0.25, 0.3) is 0 Å². The molecule has 1 aliphatic rings. The molecule has 1 saturated carbocycles. The summed E-state index contributed by atoms with van der Waals surface area (Å²) in [7, 11) is 0. The van der Waals surface area contributed by atoms with Gasteiger partial charge in [-0.2, -0.15) is 0 Å². The predicted molar refractivity (Wildman–Crippen MR) is 66.7 cm³/mol. The maximum Gasteiger partial charge on any atom is 0.165 e. The van der Waals surface area contributed by atoms with Gasteiger partial charge in [-0.15, -0.1) is 0 Å². The summed E-state index contributed by atoms with van der Waals surface area (Å²) in [5, 5.41) is 0. The molecule has 92 valence electrons. The maximum absolute atomic E-state index is 13.2. The molecule has 0 amide bonds. The fraction of sp³-hybridized carbons (Fsp3) is 0.533. The van der Waals surface area contributed by atoms with E-state index >= 15 is 0 Å². The largest absolute Gasteiger partial charge is 0.294 e. The van der Waals surface area contributed by atoms with Crippen molar-refractivity contribution in [2.75, 3.05) is 0 Å². The highest BCUT2D eigenvalue weighted by Crippen LogP contribution is 2.26. The minimum Gasteiger partial charge on any atom is -0.294 e. The third kappa shape index (κ3) is 2.93. The summed E-state index contributed by atoms with van der Waals surface area (Å²) in [6.45, 7) is 1.71. The second kappa shape index (κ2) is 5.44. The van der Waals surface area contributed by atoms with Crippen LogP contribution in [0.3, 0.4) is 0 Å². The third-order valence-electron chi connectivity index (χ3n) is 3.67. The van der Waals surface area contributed by atoms with Crippen molar-refractivity contribution in [2.24, 2.45) is 5.92 Å². The van der Waals surface area contributed by atoms with Gasteiger partial charge in [0.05, 0.1) is 0 Å². The highest BCUT2D eigenvalue weighted by molar-refractivity contribution is 5.98. The molecule has 0 spiro atoms. The third-order valence-corrected chi connectivity index (χ3v) is 3.67. The molecule has 1 fully saturated rings. The van der Waals surface area contributed by atoms with E-state index < -0.39 is 0 Å². The van der Waals surface area contributed by atoms with Crippen LogP contribution >= 0.6 is 0 Å². The van der Waals surface area contributed by atoms with Crippen molar-refractivity contribution in [1.29, 1.82) is 0 Å². The quantitative estimate of drug-likeness (QED) is 0.551. The second-order valence-electron chi connectivity index (χ2n) is 5.02. The first-order chi connectivity index (χ1) is 8.18. The molecule has 1 nitrogen and oxygen atoms in total. The molecule has 0 heterocycles. The van der Waals surface area contributed by atoms with E-state index in [2.05, 4.69) is 0 Å². The Morgan fingerprint density at radius 3 is 2.41 bits per heavy atom. The topological polar surface area (TPSA) is 17.1 Å². The van der Waals surface area contributed by atoms with Crippen LogP contribution in [0, 0.1) is 18.7 Å². The Labute approximate surface area is 102 Å². The number of rotatable bonds is 2. The van der Waals surface area contributed by atoms with Gasteiger partial charge in [-0.3, -0.25) is 4.79 Å². The first kappa shape index (κ1) is 12.3. The van der Waals surface area contributed by atoms with Crippen LogP contribution in [-0.4, -0.2) is 5.78 Å². The summed E-state index contributed by atoms with van der Waals surface area (Å²) < 4.78 is 13.2. The molecular weight excluding hydrogens is 215 g/mol. The number of carbonyl (C=O) groups is 1. The summed E-state index contributed by atoms with van der Waals surface area (Å²) in [6.07, 6.45) is 6.77. The van der Waals surface area contributed by atoms with E-state index in [9.17, 15) is 9.18 Å².